The minimum atomic E-state index is -1.04. The molecule has 0 saturated carbocycles. The summed E-state index contributed by atoms with van der Waals surface area (Å²) in [6.45, 7) is 6.35. The summed E-state index contributed by atoms with van der Waals surface area (Å²) in [7, 11) is 0. The molecule has 7 heteroatoms. The van der Waals surface area contributed by atoms with Gasteiger partial charge in [0.2, 0.25) is 11.8 Å². The molecule has 1 aliphatic heterocycles. The molecule has 0 bridgehead atoms. The van der Waals surface area contributed by atoms with Crippen LogP contribution in [0.5, 0.6) is 5.75 Å². The molecular formula is C29H39BrN2O4. The zero-order chi connectivity index (χ0) is 26.0. The van der Waals surface area contributed by atoms with Crippen LogP contribution in [0, 0.1) is 0 Å². The minimum Gasteiger partial charge on any atom is -0.508 e. The monoisotopic (exact) mass is 558 g/mol. The largest absolute Gasteiger partial charge is 0.508 e. The van der Waals surface area contributed by atoms with E-state index in [-0.39, 0.29) is 24.0 Å². The Labute approximate surface area is 223 Å². The second kappa shape index (κ2) is 13.8. The van der Waals surface area contributed by atoms with Crippen LogP contribution < -0.4 is 5.32 Å². The molecule has 3 rings (SSSR count). The van der Waals surface area contributed by atoms with E-state index < -0.39 is 11.5 Å². The highest BCUT2D eigenvalue weighted by Gasteiger charge is 2.54. The normalized spacial score (nSPS) is 19.9. The smallest absolute Gasteiger partial charge is 0.233 e. The first-order valence-electron chi connectivity index (χ1n) is 13.1. The SMILES string of the molecule is CCCCCCN1C(=O)CCC(C(=O)NCCCOCC)(c2ccccc2)C1c1cc(Br)ccc1O. The molecule has 0 aromatic heterocycles. The number of amides is 2. The van der Waals surface area contributed by atoms with Gasteiger partial charge in [-0.1, -0.05) is 72.4 Å². The summed E-state index contributed by atoms with van der Waals surface area (Å²) >= 11 is 3.54. The maximum atomic E-state index is 14.2. The lowest BCUT2D eigenvalue weighted by Gasteiger charge is -2.49. The molecule has 2 unspecified atom stereocenters. The number of phenols is 1. The number of halogens is 1. The number of unbranched alkanes of at least 4 members (excludes halogenated alkanes) is 3. The van der Waals surface area contributed by atoms with Crippen molar-refractivity contribution in [2.24, 2.45) is 0 Å². The summed E-state index contributed by atoms with van der Waals surface area (Å²) in [6.07, 6.45) is 5.42. The van der Waals surface area contributed by atoms with Gasteiger partial charge < -0.3 is 20.1 Å². The number of benzene rings is 2. The standard InChI is InChI=1S/C29H39BrN2O4/c1-3-5-6-10-19-32-26(34)16-17-29(22-12-8-7-9-13-22,28(35)31-18-11-20-36-4-2)27(32)24-21-23(30)14-15-25(24)33/h7-9,12-15,21,27,33H,3-6,10-11,16-20H2,1-2H3,(H,31,35). The maximum absolute atomic E-state index is 14.2. The van der Waals surface area contributed by atoms with Gasteiger partial charge in [-0.05, 0) is 49.9 Å². The molecule has 1 aliphatic rings. The van der Waals surface area contributed by atoms with Gasteiger partial charge in [0.05, 0.1) is 11.5 Å². The molecule has 0 spiro atoms. The van der Waals surface area contributed by atoms with E-state index in [1.807, 2.05) is 48.2 Å². The summed E-state index contributed by atoms with van der Waals surface area (Å²) in [4.78, 5) is 29.4. The maximum Gasteiger partial charge on any atom is 0.233 e. The minimum absolute atomic E-state index is 0.0200. The van der Waals surface area contributed by atoms with E-state index in [0.29, 0.717) is 44.7 Å². The first-order valence-corrected chi connectivity index (χ1v) is 13.9. The Morgan fingerprint density at radius 1 is 1.14 bits per heavy atom. The van der Waals surface area contributed by atoms with Gasteiger partial charge in [0, 0.05) is 42.8 Å². The number of hydrogen-bond donors (Lipinski definition) is 2. The number of hydrogen-bond acceptors (Lipinski definition) is 4. The summed E-state index contributed by atoms with van der Waals surface area (Å²) in [5.74, 6) is -0.0203. The van der Waals surface area contributed by atoms with E-state index in [2.05, 4.69) is 28.2 Å². The molecule has 0 aliphatic carbocycles. The van der Waals surface area contributed by atoms with Crippen LogP contribution in [0.3, 0.4) is 0 Å². The van der Waals surface area contributed by atoms with Gasteiger partial charge in [-0.25, -0.2) is 0 Å². The summed E-state index contributed by atoms with van der Waals surface area (Å²) < 4.78 is 6.23. The van der Waals surface area contributed by atoms with Crippen molar-refractivity contribution in [2.45, 2.75) is 70.3 Å². The fourth-order valence-corrected chi connectivity index (χ4v) is 5.60. The topological polar surface area (TPSA) is 78.9 Å². The highest BCUT2D eigenvalue weighted by molar-refractivity contribution is 9.10. The van der Waals surface area contributed by atoms with Crippen LogP contribution in [0.25, 0.3) is 0 Å². The van der Waals surface area contributed by atoms with Gasteiger partial charge in [0.1, 0.15) is 5.75 Å². The lowest BCUT2D eigenvalue weighted by molar-refractivity contribution is -0.146. The fraction of sp³-hybridized carbons (Fsp3) is 0.517. The zero-order valence-corrected chi connectivity index (χ0v) is 23.1. The van der Waals surface area contributed by atoms with Crippen molar-refractivity contribution in [3.63, 3.8) is 0 Å². The lowest BCUT2D eigenvalue weighted by atomic mass is 9.65. The molecule has 2 aromatic rings. The molecular weight excluding hydrogens is 520 g/mol. The Balaban J connectivity index is 2.10. The third-order valence-electron chi connectivity index (χ3n) is 7.02. The second-order valence-corrected chi connectivity index (χ2v) is 10.3. The van der Waals surface area contributed by atoms with E-state index in [1.54, 1.807) is 12.1 Å². The van der Waals surface area contributed by atoms with E-state index in [9.17, 15) is 14.7 Å². The van der Waals surface area contributed by atoms with Crippen molar-refractivity contribution in [2.75, 3.05) is 26.3 Å². The number of aromatic hydroxyl groups is 1. The van der Waals surface area contributed by atoms with Crippen LogP contribution in [0.2, 0.25) is 0 Å². The van der Waals surface area contributed by atoms with Crippen molar-refractivity contribution in [1.82, 2.24) is 10.2 Å². The van der Waals surface area contributed by atoms with Gasteiger partial charge in [0.25, 0.3) is 0 Å². The predicted molar refractivity (Wildman–Crippen MR) is 146 cm³/mol. The summed E-state index contributed by atoms with van der Waals surface area (Å²) in [5.41, 5.74) is 0.396. The van der Waals surface area contributed by atoms with E-state index >= 15 is 0 Å². The van der Waals surface area contributed by atoms with Crippen LogP contribution in [0.15, 0.2) is 53.0 Å². The van der Waals surface area contributed by atoms with Crippen LogP contribution >= 0.6 is 15.9 Å². The van der Waals surface area contributed by atoms with E-state index in [0.717, 1.165) is 35.7 Å². The number of carbonyl (C=O) groups is 2. The molecule has 36 heavy (non-hydrogen) atoms. The Morgan fingerprint density at radius 3 is 2.64 bits per heavy atom. The van der Waals surface area contributed by atoms with Gasteiger partial charge >= 0.3 is 0 Å². The Hall–Kier alpha value is -2.38. The van der Waals surface area contributed by atoms with Crippen molar-refractivity contribution < 1.29 is 19.4 Å². The van der Waals surface area contributed by atoms with Gasteiger partial charge in [0.15, 0.2) is 0 Å². The molecule has 2 amide bonds. The zero-order valence-electron chi connectivity index (χ0n) is 21.5. The Bertz CT molecular complexity index is 1000. The number of ether oxygens (including phenoxy) is 1. The molecule has 2 atom stereocenters. The van der Waals surface area contributed by atoms with Crippen LogP contribution in [0.4, 0.5) is 0 Å². The van der Waals surface area contributed by atoms with Gasteiger partial charge in [-0.3, -0.25) is 9.59 Å². The van der Waals surface area contributed by atoms with Gasteiger partial charge in [-0.15, -0.1) is 0 Å². The number of phenolic OH excluding ortho intramolecular Hbond substituents is 1. The first-order chi connectivity index (χ1) is 17.5. The number of nitrogens with one attached hydrogen (secondary N) is 1. The first kappa shape index (κ1) is 28.2. The lowest BCUT2D eigenvalue weighted by Crippen LogP contribution is -2.58. The van der Waals surface area contributed by atoms with Crippen molar-refractivity contribution in [3.8, 4) is 5.75 Å². The molecule has 0 radical (unpaired) electrons. The number of likely N-dealkylation sites (tertiary alicyclic amines) is 1. The van der Waals surface area contributed by atoms with Crippen molar-refractivity contribution in [1.29, 1.82) is 0 Å². The average molecular weight is 560 g/mol. The van der Waals surface area contributed by atoms with Crippen molar-refractivity contribution in [3.05, 3.63) is 64.1 Å². The molecule has 1 fully saturated rings. The molecule has 196 valence electrons. The quantitative estimate of drug-likeness (QED) is 0.301. The second-order valence-electron chi connectivity index (χ2n) is 9.40. The third kappa shape index (κ3) is 6.48. The third-order valence-corrected chi connectivity index (χ3v) is 7.51. The molecule has 2 N–H and O–H groups in total. The summed E-state index contributed by atoms with van der Waals surface area (Å²) in [5, 5.41) is 14.2. The summed E-state index contributed by atoms with van der Waals surface area (Å²) in [6, 6.07) is 14.3. The predicted octanol–water partition coefficient (Wildman–Crippen LogP) is 5.88. The number of carbonyl (C=O) groups excluding carboxylic acids is 2. The number of piperidine rings is 1. The van der Waals surface area contributed by atoms with Crippen LogP contribution in [-0.2, 0) is 19.7 Å². The molecule has 2 aromatic carbocycles. The number of rotatable bonds is 13. The van der Waals surface area contributed by atoms with Crippen molar-refractivity contribution >= 4 is 27.7 Å². The molecule has 1 saturated heterocycles. The molecule has 1 heterocycles. The van der Waals surface area contributed by atoms with E-state index in [4.69, 9.17) is 4.74 Å². The Morgan fingerprint density at radius 2 is 1.92 bits per heavy atom. The average Bonchev–Trinajstić information content (AvgIpc) is 2.89. The van der Waals surface area contributed by atoms with E-state index in [1.165, 1.54) is 0 Å². The van der Waals surface area contributed by atoms with Gasteiger partial charge in [-0.2, -0.15) is 0 Å². The highest BCUT2D eigenvalue weighted by atomic mass is 79.9. The fourth-order valence-electron chi connectivity index (χ4n) is 5.22. The van der Waals surface area contributed by atoms with Crippen LogP contribution in [0.1, 0.15) is 76.0 Å². The molecule has 6 nitrogen and oxygen atoms in total. The Kier molecular flexibility index (Phi) is 10.8. The number of nitrogens with zero attached hydrogens (tertiary/aromatic N) is 1. The van der Waals surface area contributed by atoms with Crippen LogP contribution in [-0.4, -0.2) is 48.1 Å². The highest BCUT2D eigenvalue weighted by Crippen LogP contribution is 2.51.